The van der Waals surface area contributed by atoms with Gasteiger partial charge in [-0.2, -0.15) is 0 Å². The van der Waals surface area contributed by atoms with Gasteiger partial charge in [-0.15, -0.1) is 0 Å². The normalized spacial score (nSPS) is 12.2. The topological polar surface area (TPSA) is 37.3 Å². The molecule has 0 bridgehead atoms. The van der Waals surface area contributed by atoms with E-state index in [-0.39, 0.29) is 0 Å². The Kier molecular flexibility index (Phi) is 6.81. The molecule has 0 fully saturated rings. The molecule has 0 saturated carbocycles. The van der Waals surface area contributed by atoms with E-state index >= 15 is 0 Å². The zero-order chi connectivity index (χ0) is 18.4. The first-order valence-corrected chi connectivity index (χ1v) is 9.51. The number of hydrogen-bond acceptors (Lipinski definition) is 1. The number of hydrogen-bond donors (Lipinski definition) is 1. The molecule has 2 nitrogen and oxygen atoms in total. The summed E-state index contributed by atoms with van der Waals surface area (Å²) in [5.41, 5.74) is 6.43. The third-order valence-corrected chi connectivity index (χ3v) is 5.07. The zero-order valence-corrected chi connectivity index (χ0v) is 15.9. The second kappa shape index (κ2) is 8.84. The van der Waals surface area contributed by atoms with Crippen molar-refractivity contribution in [2.24, 2.45) is 0 Å². The average Bonchev–Trinajstić information content (AvgIpc) is 2.64. The number of aromatic carboxylic acids is 1. The molecule has 0 aromatic heterocycles. The zero-order valence-electron chi connectivity index (χ0n) is 15.9. The number of carboxylic acids is 1. The van der Waals surface area contributed by atoms with Crippen molar-refractivity contribution in [3.63, 3.8) is 0 Å². The summed E-state index contributed by atoms with van der Waals surface area (Å²) in [5, 5.41) is 9.37. The molecule has 2 rings (SSSR count). The van der Waals surface area contributed by atoms with Crippen molar-refractivity contribution in [1.82, 2.24) is 0 Å². The highest BCUT2D eigenvalue weighted by atomic mass is 16.4. The van der Waals surface area contributed by atoms with Gasteiger partial charge in [0.25, 0.3) is 0 Å². The molecule has 0 saturated heterocycles. The van der Waals surface area contributed by atoms with Gasteiger partial charge in [-0.25, -0.2) is 4.79 Å². The number of unbranched alkanes of at least 4 members (excludes halogenated alkanes) is 1. The maximum absolute atomic E-state index is 11.4. The van der Waals surface area contributed by atoms with Crippen molar-refractivity contribution in [2.75, 3.05) is 0 Å². The highest BCUT2D eigenvalue weighted by Gasteiger charge is 2.15. The van der Waals surface area contributed by atoms with Gasteiger partial charge < -0.3 is 5.11 Å². The van der Waals surface area contributed by atoms with Crippen LogP contribution in [0.1, 0.15) is 79.9 Å². The standard InChI is InChI=1S/C23H30O2/c1-5-8-9-16(4)22-14-17(6-2)10-12-20(22)19-11-13-21(23(24)25)18(7-3)15-19/h10-16H,5-9H2,1-4H3,(H,24,25)/t16-/m1/s1. The molecule has 0 radical (unpaired) electrons. The van der Waals surface area contributed by atoms with Crippen molar-refractivity contribution in [3.8, 4) is 11.1 Å². The molecule has 0 unspecified atom stereocenters. The Hall–Kier alpha value is -2.09. The minimum absolute atomic E-state index is 0.414. The molecule has 1 atom stereocenters. The van der Waals surface area contributed by atoms with Crippen molar-refractivity contribution in [3.05, 3.63) is 58.7 Å². The van der Waals surface area contributed by atoms with E-state index < -0.39 is 5.97 Å². The maximum Gasteiger partial charge on any atom is 0.335 e. The molecule has 2 heteroatoms. The smallest absolute Gasteiger partial charge is 0.335 e. The van der Waals surface area contributed by atoms with E-state index in [1.54, 1.807) is 6.07 Å². The molecule has 2 aromatic carbocycles. The van der Waals surface area contributed by atoms with E-state index in [1.165, 1.54) is 36.0 Å². The lowest BCUT2D eigenvalue weighted by molar-refractivity contribution is 0.0696. The second-order valence-corrected chi connectivity index (χ2v) is 6.85. The van der Waals surface area contributed by atoms with Crippen LogP contribution in [0.4, 0.5) is 0 Å². The molecule has 0 heterocycles. The Balaban J connectivity index is 2.52. The first kappa shape index (κ1) is 19.2. The molecule has 1 N–H and O–H groups in total. The van der Waals surface area contributed by atoms with E-state index in [0.29, 0.717) is 11.5 Å². The molecule has 0 spiro atoms. The Bertz CT molecular complexity index is 731. The van der Waals surface area contributed by atoms with Crippen LogP contribution in [0.25, 0.3) is 11.1 Å². The lowest BCUT2D eigenvalue weighted by Crippen LogP contribution is -2.03. The fourth-order valence-corrected chi connectivity index (χ4v) is 3.43. The van der Waals surface area contributed by atoms with Crippen LogP contribution < -0.4 is 0 Å². The first-order chi connectivity index (χ1) is 12.0. The number of aryl methyl sites for hydroxylation is 2. The Labute approximate surface area is 151 Å². The van der Waals surface area contributed by atoms with Crippen LogP contribution in [0.3, 0.4) is 0 Å². The number of benzene rings is 2. The van der Waals surface area contributed by atoms with Gasteiger partial charge in [0, 0.05) is 0 Å². The summed E-state index contributed by atoms with van der Waals surface area (Å²) in [6.45, 7) is 8.73. The fraction of sp³-hybridized carbons (Fsp3) is 0.435. The molecule has 134 valence electrons. The van der Waals surface area contributed by atoms with E-state index in [9.17, 15) is 9.90 Å². The van der Waals surface area contributed by atoms with Crippen molar-refractivity contribution < 1.29 is 9.90 Å². The summed E-state index contributed by atoms with van der Waals surface area (Å²) in [5.74, 6) is -0.341. The lowest BCUT2D eigenvalue weighted by atomic mass is 9.86. The van der Waals surface area contributed by atoms with Crippen molar-refractivity contribution >= 4 is 5.97 Å². The molecular formula is C23H30O2. The lowest BCUT2D eigenvalue weighted by Gasteiger charge is -2.19. The van der Waals surface area contributed by atoms with Crippen LogP contribution in [-0.4, -0.2) is 11.1 Å². The SMILES string of the molecule is CCCC[C@@H](C)c1cc(CC)ccc1-c1ccc(C(=O)O)c(CC)c1. The van der Waals surface area contributed by atoms with Crippen LogP contribution in [0.5, 0.6) is 0 Å². The van der Waals surface area contributed by atoms with Crippen LogP contribution in [-0.2, 0) is 12.8 Å². The predicted octanol–water partition coefficient (Wildman–Crippen LogP) is 6.47. The summed E-state index contributed by atoms with van der Waals surface area (Å²) >= 11 is 0. The highest BCUT2D eigenvalue weighted by molar-refractivity contribution is 5.90. The molecule has 0 aliphatic carbocycles. The summed E-state index contributed by atoms with van der Waals surface area (Å²) in [6, 6.07) is 12.5. The molecule has 0 amide bonds. The van der Waals surface area contributed by atoms with E-state index in [1.807, 2.05) is 13.0 Å². The van der Waals surface area contributed by atoms with Crippen LogP contribution in [0.15, 0.2) is 36.4 Å². The van der Waals surface area contributed by atoms with Gasteiger partial charge in [-0.05, 0) is 59.1 Å². The first-order valence-electron chi connectivity index (χ1n) is 9.51. The van der Waals surface area contributed by atoms with Crippen molar-refractivity contribution in [2.45, 2.75) is 65.7 Å². The maximum atomic E-state index is 11.4. The Morgan fingerprint density at radius 3 is 2.40 bits per heavy atom. The van der Waals surface area contributed by atoms with E-state index in [0.717, 1.165) is 24.0 Å². The quantitative estimate of drug-likeness (QED) is 0.599. The number of carboxylic acid groups (broad SMARTS) is 1. The minimum Gasteiger partial charge on any atom is -0.478 e. The van der Waals surface area contributed by atoms with Crippen molar-refractivity contribution in [1.29, 1.82) is 0 Å². The monoisotopic (exact) mass is 338 g/mol. The second-order valence-electron chi connectivity index (χ2n) is 6.85. The summed E-state index contributed by atoms with van der Waals surface area (Å²) in [7, 11) is 0. The van der Waals surface area contributed by atoms with Gasteiger partial charge in [-0.1, -0.05) is 70.9 Å². The summed E-state index contributed by atoms with van der Waals surface area (Å²) < 4.78 is 0. The molecule has 2 aromatic rings. The molecule has 0 aliphatic rings. The van der Waals surface area contributed by atoms with Crippen LogP contribution >= 0.6 is 0 Å². The number of rotatable bonds is 8. The largest absolute Gasteiger partial charge is 0.478 e. The predicted molar refractivity (Wildman–Crippen MR) is 106 cm³/mol. The Morgan fingerprint density at radius 2 is 1.80 bits per heavy atom. The van der Waals surface area contributed by atoms with Gasteiger partial charge in [-0.3, -0.25) is 0 Å². The van der Waals surface area contributed by atoms with Crippen LogP contribution in [0.2, 0.25) is 0 Å². The highest BCUT2D eigenvalue weighted by Crippen LogP contribution is 2.34. The molecular weight excluding hydrogens is 308 g/mol. The third kappa shape index (κ3) is 4.50. The van der Waals surface area contributed by atoms with Gasteiger partial charge in [0.05, 0.1) is 5.56 Å². The van der Waals surface area contributed by atoms with Gasteiger partial charge in [0.15, 0.2) is 0 Å². The molecule has 0 aliphatic heterocycles. The summed E-state index contributed by atoms with van der Waals surface area (Å²) in [6.07, 6.45) is 5.38. The third-order valence-electron chi connectivity index (χ3n) is 5.07. The van der Waals surface area contributed by atoms with E-state index in [4.69, 9.17) is 0 Å². The number of carbonyl (C=O) groups is 1. The minimum atomic E-state index is -0.846. The fourth-order valence-electron chi connectivity index (χ4n) is 3.43. The van der Waals surface area contributed by atoms with Gasteiger partial charge in [0.2, 0.25) is 0 Å². The average molecular weight is 338 g/mol. The Morgan fingerprint density at radius 1 is 1.04 bits per heavy atom. The van der Waals surface area contributed by atoms with Crippen LogP contribution in [0, 0.1) is 0 Å². The molecule has 25 heavy (non-hydrogen) atoms. The van der Waals surface area contributed by atoms with E-state index in [2.05, 4.69) is 45.0 Å². The summed E-state index contributed by atoms with van der Waals surface area (Å²) in [4.78, 5) is 11.4. The van der Waals surface area contributed by atoms with Gasteiger partial charge in [0.1, 0.15) is 0 Å². The van der Waals surface area contributed by atoms with Gasteiger partial charge >= 0.3 is 5.97 Å².